The molecule has 0 saturated carbocycles. The second-order valence-electron chi connectivity index (χ2n) is 4.49. The average molecular weight is 261 g/mol. The molecule has 1 aliphatic heterocycles. The first-order valence-corrected chi connectivity index (χ1v) is 6.16. The van der Waals surface area contributed by atoms with Crippen molar-refractivity contribution in [2.24, 2.45) is 0 Å². The van der Waals surface area contributed by atoms with Crippen molar-refractivity contribution in [2.75, 3.05) is 11.9 Å². The van der Waals surface area contributed by atoms with Crippen LogP contribution in [0.25, 0.3) is 0 Å². The SMILES string of the molecule is Fc1cccc(F)c1NCc1ccc2c(c1)CCO2. The third kappa shape index (κ3) is 2.38. The van der Waals surface area contributed by atoms with Gasteiger partial charge < -0.3 is 10.1 Å². The quantitative estimate of drug-likeness (QED) is 0.912. The first-order chi connectivity index (χ1) is 9.24. The van der Waals surface area contributed by atoms with E-state index in [0.29, 0.717) is 13.2 Å². The summed E-state index contributed by atoms with van der Waals surface area (Å²) < 4.78 is 32.3. The molecule has 4 heteroatoms. The van der Waals surface area contributed by atoms with Gasteiger partial charge in [-0.05, 0) is 29.3 Å². The normalized spacial score (nSPS) is 12.9. The number of hydrogen-bond acceptors (Lipinski definition) is 2. The van der Waals surface area contributed by atoms with E-state index in [9.17, 15) is 8.78 Å². The van der Waals surface area contributed by atoms with Crippen LogP contribution in [0.2, 0.25) is 0 Å². The van der Waals surface area contributed by atoms with Gasteiger partial charge in [-0.25, -0.2) is 8.78 Å². The van der Waals surface area contributed by atoms with Crippen LogP contribution in [0.1, 0.15) is 11.1 Å². The van der Waals surface area contributed by atoms with E-state index in [2.05, 4.69) is 5.32 Å². The molecule has 2 aromatic carbocycles. The number of halogens is 2. The summed E-state index contributed by atoms with van der Waals surface area (Å²) in [5, 5.41) is 2.80. The minimum absolute atomic E-state index is 0.0840. The number of para-hydroxylation sites is 1. The van der Waals surface area contributed by atoms with Crippen molar-refractivity contribution in [1.29, 1.82) is 0 Å². The van der Waals surface area contributed by atoms with Crippen molar-refractivity contribution in [3.05, 3.63) is 59.2 Å². The van der Waals surface area contributed by atoms with E-state index in [1.807, 2.05) is 18.2 Å². The third-order valence-electron chi connectivity index (χ3n) is 3.19. The highest BCUT2D eigenvalue weighted by atomic mass is 19.1. The molecule has 2 aromatic rings. The molecule has 19 heavy (non-hydrogen) atoms. The van der Waals surface area contributed by atoms with E-state index < -0.39 is 11.6 Å². The molecule has 1 heterocycles. The molecule has 0 unspecified atom stereocenters. The fraction of sp³-hybridized carbons (Fsp3) is 0.200. The van der Waals surface area contributed by atoms with E-state index in [1.165, 1.54) is 18.2 Å². The minimum atomic E-state index is -0.579. The number of benzene rings is 2. The smallest absolute Gasteiger partial charge is 0.149 e. The summed E-state index contributed by atoms with van der Waals surface area (Å²) >= 11 is 0. The first-order valence-electron chi connectivity index (χ1n) is 6.16. The average Bonchev–Trinajstić information content (AvgIpc) is 2.85. The van der Waals surface area contributed by atoms with E-state index in [1.54, 1.807) is 0 Å². The molecule has 1 N–H and O–H groups in total. The minimum Gasteiger partial charge on any atom is -0.493 e. The van der Waals surface area contributed by atoms with Crippen LogP contribution in [0.5, 0.6) is 5.75 Å². The van der Waals surface area contributed by atoms with E-state index >= 15 is 0 Å². The Morgan fingerprint density at radius 3 is 2.68 bits per heavy atom. The van der Waals surface area contributed by atoms with Crippen molar-refractivity contribution >= 4 is 5.69 Å². The topological polar surface area (TPSA) is 21.3 Å². The number of hydrogen-bond donors (Lipinski definition) is 1. The maximum Gasteiger partial charge on any atom is 0.149 e. The van der Waals surface area contributed by atoms with Gasteiger partial charge in [0.05, 0.1) is 6.61 Å². The van der Waals surface area contributed by atoms with Crippen LogP contribution < -0.4 is 10.1 Å². The van der Waals surface area contributed by atoms with Gasteiger partial charge in [0.2, 0.25) is 0 Å². The Hall–Kier alpha value is -2.10. The van der Waals surface area contributed by atoms with Gasteiger partial charge in [-0.3, -0.25) is 0 Å². The fourth-order valence-electron chi connectivity index (χ4n) is 2.21. The summed E-state index contributed by atoms with van der Waals surface area (Å²) in [6, 6.07) is 9.63. The molecule has 0 atom stereocenters. The zero-order valence-electron chi connectivity index (χ0n) is 10.2. The maximum absolute atomic E-state index is 13.5. The van der Waals surface area contributed by atoms with Crippen molar-refractivity contribution in [2.45, 2.75) is 13.0 Å². The number of nitrogens with one attached hydrogen (secondary N) is 1. The Morgan fingerprint density at radius 2 is 1.89 bits per heavy atom. The Balaban J connectivity index is 1.76. The Morgan fingerprint density at radius 1 is 1.11 bits per heavy atom. The van der Waals surface area contributed by atoms with Crippen LogP contribution in [0.4, 0.5) is 14.5 Å². The van der Waals surface area contributed by atoms with Gasteiger partial charge >= 0.3 is 0 Å². The highest BCUT2D eigenvalue weighted by Crippen LogP contribution is 2.26. The Bertz CT molecular complexity index is 593. The lowest BCUT2D eigenvalue weighted by Crippen LogP contribution is -2.04. The molecule has 0 aromatic heterocycles. The predicted molar refractivity (Wildman–Crippen MR) is 69.3 cm³/mol. The van der Waals surface area contributed by atoms with Gasteiger partial charge in [0, 0.05) is 13.0 Å². The monoisotopic (exact) mass is 261 g/mol. The van der Waals surface area contributed by atoms with E-state index in [-0.39, 0.29) is 5.69 Å². The predicted octanol–water partition coefficient (Wildman–Crippen LogP) is 3.51. The van der Waals surface area contributed by atoms with Crippen LogP contribution in [0.15, 0.2) is 36.4 Å². The summed E-state index contributed by atoms with van der Waals surface area (Å²) in [6.07, 6.45) is 0.886. The molecule has 0 bridgehead atoms. The van der Waals surface area contributed by atoms with Crippen LogP contribution >= 0.6 is 0 Å². The van der Waals surface area contributed by atoms with Crippen molar-refractivity contribution < 1.29 is 13.5 Å². The fourth-order valence-corrected chi connectivity index (χ4v) is 2.21. The van der Waals surface area contributed by atoms with Crippen molar-refractivity contribution in [1.82, 2.24) is 0 Å². The summed E-state index contributed by atoms with van der Waals surface area (Å²) in [6.45, 7) is 1.08. The number of anilines is 1. The molecule has 0 radical (unpaired) electrons. The molecular weight excluding hydrogens is 248 g/mol. The molecule has 3 rings (SSSR count). The molecule has 1 aliphatic rings. The highest BCUT2D eigenvalue weighted by Gasteiger charge is 2.12. The molecule has 98 valence electrons. The van der Waals surface area contributed by atoms with Crippen molar-refractivity contribution in [3.63, 3.8) is 0 Å². The summed E-state index contributed by atoms with van der Waals surface area (Å²) in [5.74, 6) is -0.255. The molecule has 0 amide bonds. The Labute approximate surface area is 110 Å². The molecule has 0 fully saturated rings. The molecular formula is C15H13F2NO. The van der Waals surface area contributed by atoms with Gasteiger partial charge in [0.1, 0.15) is 23.1 Å². The molecule has 2 nitrogen and oxygen atoms in total. The second kappa shape index (κ2) is 4.88. The lowest BCUT2D eigenvalue weighted by Gasteiger charge is -2.09. The maximum atomic E-state index is 13.5. The first kappa shape index (κ1) is 12.0. The zero-order chi connectivity index (χ0) is 13.2. The second-order valence-corrected chi connectivity index (χ2v) is 4.49. The summed E-state index contributed by atoms with van der Waals surface area (Å²) in [5.41, 5.74) is 2.04. The lowest BCUT2D eigenvalue weighted by molar-refractivity contribution is 0.357. The van der Waals surface area contributed by atoms with Crippen LogP contribution in [-0.4, -0.2) is 6.61 Å². The number of rotatable bonds is 3. The van der Waals surface area contributed by atoms with Gasteiger partial charge in [-0.15, -0.1) is 0 Å². The number of ether oxygens (including phenoxy) is 1. The van der Waals surface area contributed by atoms with Gasteiger partial charge in [0.25, 0.3) is 0 Å². The van der Waals surface area contributed by atoms with Gasteiger partial charge in [-0.1, -0.05) is 18.2 Å². The third-order valence-corrected chi connectivity index (χ3v) is 3.19. The molecule has 0 aliphatic carbocycles. The van der Waals surface area contributed by atoms with Crippen LogP contribution in [-0.2, 0) is 13.0 Å². The Kier molecular flexibility index (Phi) is 3.07. The standard InChI is InChI=1S/C15H13F2NO/c16-12-2-1-3-13(17)15(12)18-9-10-4-5-14-11(8-10)6-7-19-14/h1-5,8,18H,6-7,9H2. The van der Waals surface area contributed by atoms with Gasteiger partial charge in [-0.2, -0.15) is 0 Å². The summed E-state index contributed by atoms with van der Waals surface area (Å²) in [4.78, 5) is 0. The van der Waals surface area contributed by atoms with Crippen LogP contribution in [0.3, 0.4) is 0 Å². The molecule has 0 spiro atoms. The van der Waals surface area contributed by atoms with Gasteiger partial charge in [0.15, 0.2) is 0 Å². The summed E-state index contributed by atoms with van der Waals surface area (Å²) in [7, 11) is 0. The van der Waals surface area contributed by atoms with E-state index in [0.717, 1.165) is 23.3 Å². The highest BCUT2D eigenvalue weighted by molar-refractivity contribution is 5.47. The largest absolute Gasteiger partial charge is 0.493 e. The van der Waals surface area contributed by atoms with Crippen LogP contribution in [0, 0.1) is 11.6 Å². The molecule has 0 saturated heterocycles. The van der Waals surface area contributed by atoms with Crippen molar-refractivity contribution in [3.8, 4) is 5.75 Å². The zero-order valence-corrected chi connectivity index (χ0v) is 10.2. The van der Waals surface area contributed by atoms with E-state index in [4.69, 9.17) is 4.74 Å². The number of fused-ring (bicyclic) bond motifs is 1. The lowest BCUT2D eigenvalue weighted by atomic mass is 10.1.